The molecule has 0 bridgehead atoms. The second kappa shape index (κ2) is 4.72. The number of aryl methyl sites for hydroxylation is 1. The molecule has 0 aliphatic carbocycles. The maximum absolute atomic E-state index is 4.27. The van der Waals surface area contributed by atoms with Crippen LogP contribution in [-0.4, -0.2) is 23.4 Å². The lowest BCUT2D eigenvalue weighted by Gasteiger charge is -2.33. The van der Waals surface area contributed by atoms with E-state index in [1.165, 1.54) is 35.2 Å². The number of aromatic nitrogens is 2. The molecule has 0 spiro atoms. The van der Waals surface area contributed by atoms with Crippen LogP contribution >= 0.6 is 0 Å². The summed E-state index contributed by atoms with van der Waals surface area (Å²) in [5.74, 6) is 0.697. The van der Waals surface area contributed by atoms with Gasteiger partial charge in [-0.2, -0.15) is 5.10 Å². The summed E-state index contributed by atoms with van der Waals surface area (Å²) in [6.45, 7) is 3.45. The van der Waals surface area contributed by atoms with Gasteiger partial charge in [-0.05, 0) is 42.0 Å². The van der Waals surface area contributed by atoms with Crippen LogP contribution < -0.4 is 4.90 Å². The number of rotatable bonds is 2. The number of benzene rings is 1. The van der Waals surface area contributed by atoms with Crippen molar-refractivity contribution in [2.24, 2.45) is 7.05 Å². The Morgan fingerprint density at radius 1 is 1.26 bits per heavy atom. The number of hydrogen-bond acceptors (Lipinski definition) is 2. The van der Waals surface area contributed by atoms with Crippen LogP contribution in [-0.2, 0) is 7.05 Å². The minimum absolute atomic E-state index is 0.697. The summed E-state index contributed by atoms with van der Waals surface area (Å²) in [5, 5.41) is 4.27. The van der Waals surface area contributed by atoms with Crippen LogP contribution in [0.3, 0.4) is 0 Å². The van der Waals surface area contributed by atoms with Gasteiger partial charge in [-0.3, -0.25) is 4.68 Å². The highest BCUT2D eigenvalue weighted by Gasteiger charge is 2.22. The minimum atomic E-state index is 0.697. The molecule has 1 aliphatic heterocycles. The summed E-state index contributed by atoms with van der Waals surface area (Å²) in [6, 6.07) is 6.83. The van der Waals surface area contributed by atoms with Crippen molar-refractivity contribution in [3.63, 3.8) is 0 Å². The Kier molecular flexibility index (Phi) is 3.05. The van der Waals surface area contributed by atoms with Gasteiger partial charge in [-0.1, -0.05) is 13.0 Å². The molecule has 1 aromatic carbocycles. The molecule has 0 N–H and O–H groups in total. The van der Waals surface area contributed by atoms with Gasteiger partial charge in [0.2, 0.25) is 0 Å². The SMILES string of the molecule is CCC1CCN(C)c2ccc(-c3cnn(C)c3)cc21. The Morgan fingerprint density at radius 2 is 2.11 bits per heavy atom. The molecule has 1 atom stereocenters. The van der Waals surface area contributed by atoms with Gasteiger partial charge in [-0.15, -0.1) is 0 Å². The predicted molar refractivity (Wildman–Crippen MR) is 79.6 cm³/mol. The molecule has 3 heteroatoms. The molecule has 1 unspecified atom stereocenters. The van der Waals surface area contributed by atoms with Crippen LogP contribution in [0.1, 0.15) is 31.2 Å². The quantitative estimate of drug-likeness (QED) is 0.820. The van der Waals surface area contributed by atoms with Gasteiger partial charge < -0.3 is 4.90 Å². The van der Waals surface area contributed by atoms with E-state index < -0.39 is 0 Å². The summed E-state index contributed by atoms with van der Waals surface area (Å²) >= 11 is 0. The molecule has 0 amide bonds. The summed E-state index contributed by atoms with van der Waals surface area (Å²) in [5.41, 5.74) is 5.37. The Bertz CT molecular complexity index is 585. The van der Waals surface area contributed by atoms with Gasteiger partial charge in [-0.25, -0.2) is 0 Å². The zero-order chi connectivity index (χ0) is 13.4. The van der Waals surface area contributed by atoms with E-state index in [1.807, 2.05) is 17.9 Å². The summed E-state index contributed by atoms with van der Waals surface area (Å²) in [4.78, 5) is 2.37. The number of anilines is 1. The third kappa shape index (κ3) is 2.14. The van der Waals surface area contributed by atoms with Crippen molar-refractivity contribution in [3.05, 3.63) is 36.2 Å². The fourth-order valence-electron chi connectivity index (χ4n) is 3.03. The first kappa shape index (κ1) is 12.3. The maximum Gasteiger partial charge on any atom is 0.0568 e. The zero-order valence-corrected chi connectivity index (χ0v) is 11.9. The van der Waals surface area contributed by atoms with Crippen molar-refractivity contribution in [1.82, 2.24) is 9.78 Å². The third-order valence-corrected chi connectivity index (χ3v) is 4.22. The topological polar surface area (TPSA) is 21.1 Å². The first-order chi connectivity index (χ1) is 9.19. The van der Waals surface area contributed by atoms with Gasteiger partial charge in [0.25, 0.3) is 0 Å². The standard InChI is InChI=1S/C16H21N3/c1-4-12-7-8-18(2)16-6-5-13(9-15(12)16)14-10-17-19(3)11-14/h5-6,9-12H,4,7-8H2,1-3H3. The van der Waals surface area contributed by atoms with E-state index in [0.717, 1.165) is 6.54 Å². The van der Waals surface area contributed by atoms with Gasteiger partial charge in [0.15, 0.2) is 0 Å². The fourth-order valence-corrected chi connectivity index (χ4v) is 3.03. The first-order valence-electron chi connectivity index (χ1n) is 7.03. The van der Waals surface area contributed by atoms with Crippen LogP contribution in [0.5, 0.6) is 0 Å². The van der Waals surface area contributed by atoms with Gasteiger partial charge in [0.1, 0.15) is 0 Å². The summed E-state index contributed by atoms with van der Waals surface area (Å²) in [7, 11) is 4.15. The largest absolute Gasteiger partial charge is 0.374 e. The van der Waals surface area contributed by atoms with Crippen LogP contribution in [0.15, 0.2) is 30.6 Å². The molecule has 0 fully saturated rings. The summed E-state index contributed by atoms with van der Waals surface area (Å²) < 4.78 is 1.86. The first-order valence-corrected chi connectivity index (χ1v) is 7.03. The number of hydrogen-bond donors (Lipinski definition) is 0. The molecule has 1 aliphatic rings. The molecule has 0 radical (unpaired) electrons. The minimum Gasteiger partial charge on any atom is -0.374 e. The van der Waals surface area contributed by atoms with E-state index in [-0.39, 0.29) is 0 Å². The molecular formula is C16H21N3. The van der Waals surface area contributed by atoms with E-state index in [4.69, 9.17) is 0 Å². The average molecular weight is 255 g/mol. The lowest BCUT2D eigenvalue weighted by atomic mass is 9.86. The highest BCUT2D eigenvalue weighted by atomic mass is 15.2. The predicted octanol–water partition coefficient (Wildman–Crippen LogP) is 3.42. The van der Waals surface area contributed by atoms with Crippen molar-refractivity contribution in [2.75, 3.05) is 18.5 Å². The van der Waals surface area contributed by atoms with E-state index in [9.17, 15) is 0 Å². The monoisotopic (exact) mass is 255 g/mol. The zero-order valence-electron chi connectivity index (χ0n) is 11.9. The molecule has 1 aromatic heterocycles. The van der Waals surface area contributed by atoms with Crippen molar-refractivity contribution < 1.29 is 0 Å². The Balaban J connectivity index is 2.06. The smallest absolute Gasteiger partial charge is 0.0568 e. The van der Waals surface area contributed by atoms with Crippen molar-refractivity contribution in [3.8, 4) is 11.1 Å². The van der Waals surface area contributed by atoms with E-state index >= 15 is 0 Å². The van der Waals surface area contributed by atoms with Crippen LogP contribution in [0.25, 0.3) is 11.1 Å². The Morgan fingerprint density at radius 3 is 2.79 bits per heavy atom. The number of fused-ring (bicyclic) bond motifs is 1. The highest BCUT2D eigenvalue weighted by Crippen LogP contribution is 2.38. The normalized spacial score (nSPS) is 18.5. The molecule has 0 saturated heterocycles. The van der Waals surface area contributed by atoms with Gasteiger partial charge in [0.05, 0.1) is 6.20 Å². The van der Waals surface area contributed by atoms with Crippen molar-refractivity contribution in [1.29, 1.82) is 0 Å². The molecule has 0 saturated carbocycles. The summed E-state index contributed by atoms with van der Waals surface area (Å²) in [6.07, 6.45) is 6.50. The third-order valence-electron chi connectivity index (χ3n) is 4.22. The lowest BCUT2D eigenvalue weighted by Crippen LogP contribution is -2.27. The second-order valence-electron chi connectivity index (χ2n) is 5.49. The molecule has 100 valence electrons. The molecule has 2 heterocycles. The van der Waals surface area contributed by atoms with Crippen LogP contribution in [0.2, 0.25) is 0 Å². The highest BCUT2D eigenvalue weighted by molar-refractivity contribution is 5.69. The average Bonchev–Trinajstić information content (AvgIpc) is 2.86. The Labute approximate surface area is 114 Å². The van der Waals surface area contributed by atoms with E-state index in [0.29, 0.717) is 5.92 Å². The maximum atomic E-state index is 4.27. The fraction of sp³-hybridized carbons (Fsp3) is 0.438. The van der Waals surface area contributed by atoms with Crippen LogP contribution in [0, 0.1) is 0 Å². The molecule has 3 nitrogen and oxygen atoms in total. The molecule has 2 aromatic rings. The van der Waals surface area contributed by atoms with Crippen LogP contribution in [0.4, 0.5) is 5.69 Å². The molecule has 3 rings (SSSR count). The van der Waals surface area contributed by atoms with Crippen molar-refractivity contribution in [2.45, 2.75) is 25.7 Å². The lowest BCUT2D eigenvalue weighted by molar-refractivity contribution is 0.578. The van der Waals surface area contributed by atoms with E-state index in [2.05, 4.69) is 48.4 Å². The second-order valence-corrected chi connectivity index (χ2v) is 5.49. The van der Waals surface area contributed by atoms with Gasteiger partial charge in [0, 0.05) is 38.1 Å². The van der Waals surface area contributed by atoms with Crippen molar-refractivity contribution >= 4 is 5.69 Å². The molecule has 19 heavy (non-hydrogen) atoms. The molecular weight excluding hydrogens is 234 g/mol. The van der Waals surface area contributed by atoms with Gasteiger partial charge >= 0.3 is 0 Å². The number of nitrogens with zero attached hydrogens (tertiary/aromatic N) is 3. The van der Waals surface area contributed by atoms with E-state index in [1.54, 1.807) is 0 Å². The Hall–Kier alpha value is -1.77.